The molecule has 1 aromatic carbocycles. The number of hydrogen-bond acceptors (Lipinski definition) is 6. The molecule has 6 nitrogen and oxygen atoms in total. The molecule has 0 radical (unpaired) electrons. The third kappa shape index (κ3) is 2.62. The van der Waals surface area contributed by atoms with E-state index in [1.807, 2.05) is 37.4 Å². The Balaban J connectivity index is 1.92. The molecule has 0 bridgehead atoms. The van der Waals surface area contributed by atoms with Gasteiger partial charge in [0.1, 0.15) is 18.1 Å². The maximum atomic E-state index is 11.2. The zero-order chi connectivity index (χ0) is 15.5. The highest BCUT2D eigenvalue weighted by atomic mass is 32.1. The van der Waals surface area contributed by atoms with Gasteiger partial charge < -0.3 is 4.74 Å². The second-order valence-electron chi connectivity index (χ2n) is 4.78. The molecule has 2 heterocycles. The second-order valence-corrected chi connectivity index (χ2v) is 5.65. The van der Waals surface area contributed by atoms with Gasteiger partial charge in [0.2, 0.25) is 5.13 Å². The molecule has 0 atom stereocenters. The number of carbonyl (C=O) groups is 1. The minimum absolute atomic E-state index is 0.201. The standard InChI is InChI=1S/C15H14N4O2S/c1-10-4-3-5-11(2)14(10)21-9-13-12(8-20)17-18-19(13)15-16-6-7-22-15/h3-8H,9H2,1-2H3. The molecule has 22 heavy (non-hydrogen) atoms. The van der Waals surface area contributed by atoms with Gasteiger partial charge in [-0.3, -0.25) is 4.79 Å². The van der Waals surface area contributed by atoms with E-state index in [1.54, 1.807) is 10.9 Å². The van der Waals surface area contributed by atoms with Crippen molar-refractivity contribution in [1.82, 2.24) is 20.0 Å². The Kier molecular flexibility index (Phi) is 3.97. The van der Waals surface area contributed by atoms with Gasteiger partial charge in [-0.25, -0.2) is 4.98 Å². The van der Waals surface area contributed by atoms with Crippen molar-refractivity contribution in [3.05, 3.63) is 52.3 Å². The highest BCUT2D eigenvalue weighted by Crippen LogP contribution is 2.24. The Morgan fingerprint density at radius 1 is 1.32 bits per heavy atom. The average Bonchev–Trinajstić information content (AvgIpc) is 3.15. The fraction of sp³-hybridized carbons (Fsp3) is 0.200. The van der Waals surface area contributed by atoms with E-state index < -0.39 is 0 Å². The SMILES string of the molecule is Cc1cccc(C)c1OCc1c(C=O)nnn1-c1nccs1. The summed E-state index contributed by atoms with van der Waals surface area (Å²) in [6.07, 6.45) is 2.36. The van der Waals surface area contributed by atoms with Crippen LogP contribution in [0.1, 0.15) is 27.3 Å². The van der Waals surface area contributed by atoms with Crippen LogP contribution in [0.3, 0.4) is 0 Å². The molecule has 0 fully saturated rings. The minimum atomic E-state index is 0.201. The number of para-hydroxylation sites is 1. The summed E-state index contributed by atoms with van der Waals surface area (Å²) in [6.45, 7) is 4.17. The maximum Gasteiger partial charge on any atom is 0.212 e. The molecule has 2 aromatic heterocycles. The molecule has 0 spiro atoms. The minimum Gasteiger partial charge on any atom is -0.487 e. The van der Waals surface area contributed by atoms with Gasteiger partial charge in [0.15, 0.2) is 12.0 Å². The van der Waals surface area contributed by atoms with E-state index in [4.69, 9.17) is 4.74 Å². The Morgan fingerprint density at radius 3 is 2.73 bits per heavy atom. The van der Waals surface area contributed by atoms with Crippen LogP contribution in [-0.2, 0) is 6.61 Å². The molecule has 0 aliphatic carbocycles. The molecule has 3 aromatic rings. The number of aldehydes is 1. The molecule has 0 N–H and O–H groups in total. The van der Waals surface area contributed by atoms with E-state index in [-0.39, 0.29) is 12.3 Å². The van der Waals surface area contributed by atoms with Gasteiger partial charge in [0.05, 0.1) is 0 Å². The van der Waals surface area contributed by atoms with Crippen LogP contribution in [0, 0.1) is 13.8 Å². The van der Waals surface area contributed by atoms with Crippen LogP contribution >= 0.6 is 11.3 Å². The number of rotatable bonds is 5. The fourth-order valence-electron chi connectivity index (χ4n) is 2.18. The number of aromatic nitrogens is 4. The summed E-state index contributed by atoms with van der Waals surface area (Å²) < 4.78 is 7.45. The summed E-state index contributed by atoms with van der Waals surface area (Å²) in [5.74, 6) is 0.811. The van der Waals surface area contributed by atoms with Gasteiger partial charge in [-0.05, 0) is 25.0 Å². The van der Waals surface area contributed by atoms with E-state index in [0.29, 0.717) is 17.1 Å². The summed E-state index contributed by atoms with van der Waals surface area (Å²) in [4.78, 5) is 15.4. The van der Waals surface area contributed by atoms with Gasteiger partial charge in [-0.2, -0.15) is 4.68 Å². The largest absolute Gasteiger partial charge is 0.487 e. The lowest BCUT2D eigenvalue weighted by molar-refractivity contribution is 0.111. The number of nitrogens with zero attached hydrogens (tertiary/aromatic N) is 4. The first-order valence-electron chi connectivity index (χ1n) is 6.69. The summed E-state index contributed by atoms with van der Waals surface area (Å²) in [7, 11) is 0. The Labute approximate surface area is 131 Å². The monoisotopic (exact) mass is 314 g/mol. The Bertz CT molecular complexity index is 776. The van der Waals surface area contributed by atoms with Crippen LogP contribution in [0.2, 0.25) is 0 Å². The van der Waals surface area contributed by atoms with E-state index >= 15 is 0 Å². The van der Waals surface area contributed by atoms with Crippen molar-refractivity contribution in [3.63, 3.8) is 0 Å². The third-order valence-electron chi connectivity index (χ3n) is 3.27. The fourth-order valence-corrected chi connectivity index (χ4v) is 2.79. The molecule has 3 rings (SSSR count). The van der Waals surface area contributed by atoms with Gasteiger partial charge >= 0.3 is 0 Å². The van der Waals surface area contributed by atoms with Crippen LogP contribution in [-0.4, -0.2) is 26.3 Å². The number of ether oxygens (including phenoxy) is 1. The lowest BCUT2D eigenvalue weighted by Crippen LogP contribution is -2.08. The van der Waals surface area contributed by atoms with E-state index in [0.717, 1.165) is 16.9 Å². The van der Waals surface area contributed by atoms with Crippen LogP contribution < -0.4 is 4.74 Å². The molecule has 0 saturated carbocycles. The smallest absolute Gasteiger partial charge is 0.212 e. The number of hydrogen-bond donors (Lipinski definition) is 0. The maximum absolute atomic E-state index is 11.2. The van der Waals surface area contributed by atoms with Crippen molar-refractivity contribution in [2.24, 2.45) is 0 Å². The second kappa shape index (κ2) is 6.07. The highest BCUT2D eigenvalue weighted by molar-refractivity contribution is 7.12. The van der Waals surface area contributed by atoms with Gasteiger partial charge in [0, 0.05) is 11.6 Å². The van der Waals surface area contributed by atoms with Crippen molar-refractivity contribution in [2.45, 2.75) is 20.5 Å². The lowest BCUT2D eigenvalue weighted by atomic mass is 10.1. The highest BCUT2D eigenvalue weighted by Gasteiger charge is 2.16. The van der Waals surface area contributed by atoms with Gasteiger partial charge in [-0.1, -0.05) is 23.4 Å². The number of thiazole rings is 1. The normalized spacial score (nSPS) is 10.6. The van der Waals surface area contributed by atoms with Crippen molar-refractivity contribution in [1.29, 1.82) is 0 Å². The van der Waals surface area contributed by atoms with Crippen LogP contribution in [0.25, 0.3) is 5.13 Å². The summed E-state index contributed by atoms with van der Waals surface area (Å²) in [6, 6.07) is 5.95. The van der Waals surface area contributed by atoms with Crippen LogP contribution in [0.5, 0.6) is 5.75 Å². The first-order chi connectivity index (χ1) is 10.7. The first kappa shape index (κ1) is 14.4. The molecule has 0 aliphatic rings. The van der Waals surface area contributed by atoms with E-state index in [2.05, 4.69) is 15.3 Å². The zero-order valence-electron chi connectivity index (χ0n) is 12.2. The van der Waals surface area contributed by atoms with Crippen LogP contribution in [0.15, 0.2) is 29.8 Å². The van der Waals surface area contributed by atoms with Gasteiger partial charge in [-0.15, -0.1) is 16.4 Å². The van der Waals surface area contributed by atoms with Crippen molar-refractivity contribution >= 4 is 17.6 Å². The Morgan fingerprint density at radius 2 is 2.09 bits per heavy atom. The molecular formula is C15H14N4O2S. The predicted molar refractivity (Wildman–Crippen MR) is 82.7 cm³/mol. The van der Waals surface area contributed by atoms with E-state index in [1.165, 1.54) is 11.3 Å². The Hall–Kier alpha value is -2.54. The van der Waals surface area contributed by atoms with Crippen LogP contribution in [0.4, 0.5) is 0 Å². The number of carbonyl (C=O) groups excluding carboxylic acids is 1. The summed E-state index contributed by atoms with van der Waals surface area (Å²) in [5.41, 5.74) is 2.94. The zero-order valence-corrected chi connectivity index (χ0v) is 13.0. The summed E-state index contributed by atoms with van der Waals surface area (Å²) in [5, 5.41) is 10.4. The predicted octanol–water partition coefficient (Wildman–Crippen LogP) is 2.73. The first-order valence-corrected chi connectivity index (χ1v) is 7.57. The summed E-state index contributed by atoms with van der Waals surface area (Å²) >= 11 is 1.42. The molecule has 0 saturated heterocycles. The topological polar surface area (TPSA) is 69.9 Å². The molecular weight excluding hydrogens is 300 g/mol. The quantitative estimate of drug-likeness (QED) is 0.677. The molecule has 112 valence electrons. The van der Waals surface area contributed by atoms with Gasteiger partial charge in [0.25, 0.3) is 0 Å². The average molecular weight is 314 g/mol. The lowest BCUT2D eigenvalue weighted by Gasteiger charge is -2.12. The number of benzene rings is 1. The number of aryl methyl sites for hydroxylation is 2. The molecule has 0 unspecified atom stereocenters. The molecule has 0 aliphatic heterocycles. The molecule has 0 amide bonds. The van der Waals surface area contributed by atoms with Crippen molar-refractivity contribution in [2.75, 3.05) is 0 Å². The van der Waals surface area contributed by atoms with E-state index in [9.17, 15) is 4.79 Å². The molecule has 7 heteroatoms. The van der Waals surface area contributed by atoms with Crippen molar-refractivity contribution in [3.8, 4) is 10.9 Å². The van der Waals surface area contributed by atoms with Crippen molar-refractivity contribution < 1.29 is 9.53 Å². The third-order valence-corrected chi connectivity index (χ3v) is 4.01.